The van der Waals surface area contributed by atoms with Gasteiger partial charge in [0, 0.05) is 23.9 Å². The zero-order valence-corrected chi connectivity index (χ0v) is 17.7. The molecule has 1 aliphatic heterocycles. The highest BCUT2D eigenvalue weighted by molar-refractivity contribution is 7.99. The fourth-order valence-electron chi connectivity index (χ4n) is 3.14. The summed E-state index contributed by atoms with van der Waals surface area (Å²) in [7, 11) is -3.60. The van der Waals surface area contributed by atoms with Crippen LogP contribution in [-0.2, 0) is 14.8 Å². The topological polar surface area (TPSA) is 110 Å². The van der Waals surface area contributed by atoms with E-state index in [4.69, 9.17) is 5.73 Å². The maximum Gasteiger partial charge on any atom is 0.251 e. The normalized spacial score (nSPS) is 16.0. The van der Waals surface area contributed by atoms with E-state index in [9.17, 15) is 18.0 Å². The first-order chi connectivity index (χ1) is 13.3. The van der Waals surface area contributed by atoms with Crippen molar-refractivity contribution in [2.45, 2.75) is 22.6 Å². The van der Waals surface area contributed by atoms with Gasteiger partial charge in [0.15, 0.2) is 0 Å². The maximum absolute atomic E-state index is 13.0. The summed E-state index contributed by atoms with van der Waals surface area (Å²) in [6, 6.07) is 8.49. The van der Waals surface area contributed by atoms with Crippen LogP contribution in [0.25, 0.3) is 0 Å². The number of carbonyl (C=O) groups excluding carboxylic acids is 2. The van der Waals surface area contributed by atoms with Crippen molar-refractivity contribution in [2.24, 2.45) is 11.7 Å². The zero-order valence-electron chi connectivity index (χ0n) is 15.3. The van der Waals surface area contributed by atoms with E-state index in [2.05, 4.69) is 5.32 Å². The number of anilines is 1. The van der Waals surface area contributed by atoms with Gasteiger partial charge in [-0.15, -0.1) is 23.1 Å². The molecule has 0 bridgehead atoms. The lowest BCUT2D eigenvalue weighted by Gasteiger charge is -2.31. The van der Waals surface area contributed by atoms with Crippen LogP contribution in [0.5, 0.6) is 0 Å². The number of primary amides is 1. The predicted octanol–water partition coefficient (Wildman–Crippen LogP) is 2.61. The van der Waals surface area contributed by atoms with Crippen molar-refractivity contribution in [1.82, 2.24) is 4.31 Å². The second kappa shape index (κ2) is 8.64. The van der Waals surface area contributed by atoms with Crippen molar-refractivity contribution in [3.63, 3.8) is 0 Å². The summed E-state index contributed by atoms with van der Waals surface area (Å²) in [4.78, 5) is 24.9. The highest BCUT2D eigenvalue weighted by Crippen LogP contribution is 2.31. The van der Waals surface area contributed by atoms with Gasteiger partial charge in [0.2, 0.25) is 15.9 Å². The standard InChI is InChI=1S/C18H21N3O4S3/c1-26-14-4-2-3-5-15(14)28(24,25)21-9-6-12(7-10-21)17(23)20-18-13(16(19)22)8-11-27-18/h2-5,8,11-12H,6-7,9-10H2,1H3,(H2,19,22)(H,20,23). The van der Waals surface area contributed by atoms with Crippen LogP contribution in [0.1, 0.15) is 23.2 Å². The Morgan fingerprint density at radius 2 is 1.89 bits per heavy atom. The molecule has 3 N–H and O–H groups in total. The number of hydrogen-bond donors (Lipinski definition) is 2. The van der Waals surface area contributed by atoms with E-state index in [0.29, 0.717) is 27.6 Å². The average Bonchev–Trinajstić information content (AvgIpc) is 3.16. The quantitative estimate of drug-likeness (QED) is 0.673. The van der Waals surface area contributed by atoms with Crippen molar-refractivity contribution in [2.75, 3.05) is 24.7 Å². The van der Waals surface area contributed by atoms with Crippen LogP contribution in [0.3, 0.4) is 0 Å². The molecule has 1 fully saturated rings. The van der Waals surface area contributed by atoms with Crippen molar-refractivity contribution < 1.29 is 18.0 Å². The minimum Gasteiger partial charge on any atom is -0.366 e. The zero-order chi connectivity index (χ0) is 20.3. The molecule has 1 aromatic carbocycles. The van der Waals surface area contributed by atoms with Crippen LogP contribution in [0.4, 0.5) is 5.00 Å². The average molecular weight is 440 g/mol. The van der Waals surface area contributed by atoms with Crippen LogP contribution < -0.4 is 11.1 Å². The Balaban J connectivity index is 1.66. The Hall–Kier alpha value is -1.88. The number of nitrogens with zero attached hydrogens (tertiary/aromatic N) is 1. The number of hydrogen-bond acceptors (Lipinski definition) is 6. The molecule has 7 nitrogen and oxygen atoms in total. The lowest BCUT2D eigenvalue weighted by molar-refractivity contribution is -0.120. The first kappa shape index (κ1) is 20.8. The summed E-state index contributed by atoms with van der Waals surface area (Å²) in [5, 5.41) is 4.87. The molecule has 1 saturated heterocycles. The maximum atomic E-state index is 13.0. The van der Waals surface area contributed by atoms with Crippen LogP contribution in [0, 0.1) is 5.92 Å². The Bertz CT molecular complexity index is 979. The highest BCUT2D eigenvalue weighted by Gasteiger charge is 2.33. The molecule has 2 amide bonds. The second-order valence-corrected chi connectivity index (χ2v) is 10.0. The minimum absolute atomic E-state index is 0.216. The second-order valence-electron chi connectivity index (χ2n) is 6.35. The van der Waals surface area contributed by atoms with Crippen molar-refractivity contribution >= 4 is 49.9 Å². The monoisotopic (exact) mass is 439 g/mol. The number of benzene rings is 1. The number of piperidine rings is 1. The minimum atomic E-state index is -3.60. The van der Waals surface area contributed by atoms with Gasteiger partial charge >= 0.3 is 0 Å². The molecule has 2 heterocycles. The molecular weight excluding hydrogens is 418 g/mol. The molecule has 0 spiro atoms. The summed E-state index contributed by atoms with van der Waals surface area (Å²) in [6.45, 7) is 0.548. The number of amides is 2. The van der Waals surface area contributed by atoms with Gasteiger partial charge in [-0.1, -0.05) is 12.1 Å². The van der Waals surface area contributed by atoms with Crippen molar-refractivity contribution in [3.05, 3.63) is 41.3 Å². The molecule has 150 valence electrons. The summed E-state index contributed by atoms with van der Waals surface area (Å²) in [5.74, 6) is -1.12. The van der Waals surface area contributed by atoms with Crippen LogP contribution >= 0.6 is 23.1 Å². The molecule has 0 saturated carbocycles. The van der Waals surface area contributed by atoms with E-state index in [1.807, 2.05) is 12.3 Å². The SMILES string of the molecule is CSc1ccccc1S(=O)(=O)N1CCC(C(=O)Nc2sccc2C(N)=O)CC1. The summed E-state index contributed by atoms with van der Waals surface area (Å²) in [5.41, 5.74) is 5.58. The smallest absolute Gasteiger partial charge is 0.251 e. The lowest BCUT2D eigenvalue weighted by atomic mass is 9.97. The third-order valence-electron chi connectivity index (χ3n) is 4.68. The van der Waals surface area contributed by atoms with Crippen LogP contribution in [0.2, 0.25) is 0 Å². The molecule has 1 aliphatic rings. The Morgan fingerprint density at radius 1 is 1.21 bits per heavy atom. The Morgan fingerprint density at radius 3 is 2.54 bits per heavy atom. The molecular formula is C18H21N3O4S3. The number of carbonyl (C=O) groups is 2. The third-order valence-corrected chi connectivity index (χ3v) is 8.39. The number of nitrogens with two attached hydrogens (primary N) is 1. The fraction of sp³-hybridized carbons (Fsp3) is 0.333. The Kier molecular flexibility index (Phi) is 6.43. The molecule has 28 heavy (non-hydrogen) atoms. The number of rotatable bonds is 6. The number of thioether (sulfide) groups is 1. The molecule has 0 aliphatic carbocycles. The first-order valence-electron chi connectivity index (χ1n) is 8.66. The van der Waals surface area contributed by atoms with Gasteiger partial charge in [0.05, 0.1) is 10.5 Å². The summed E-state index contributed by atoms with van der Waals surface area (Å²) < 4.78 is 27.4. The van der Waals surface area contributed by atoms with Gasteiger partial charge in [-0.3, -0.25) is 9.59 Å². The van der Waals surface area contributed by atoms with E-state index >= 15 is 0 Å². The van der Waals surface area contributed by atoms with Gasteiger partial charge in [0.25, 0.3) is 5.91 Å². The molecule has 3 rings (SSSR count). The van der Waals surface area contributed by atoms with Crippen molar-refractivity contribution in [3.8, 4) is 0 Å². The molecule has 10 heteroatoms. The molecule has 0 radical (unpaired) electrons. The van der Waals surface area contributed by atoms with E-state index < -0.39 is 15.9 Å². The van der Waals surface area contributed by atoms with Gasteiger partial charge in [0.1, 0.15) is 5.00 Å². The molecule has 2 aromatic rings. The summed E-state index contributed by atoms with van der Waals surface area (Å²) in [6.07, 6.45) is 2.68. The van der Waals surface area contributed by atoms with Gasteiger partial charge < -0.3 is 11.1 Å². The van der Waals surface area contributed by atoms with E-state index in [1.165, 1.54) is 27.4 Å². The molecule has 0 unspecified atom stereocenters. The Labute approximate surface area is 172 Å². The molecule has 1 aromatic heterocycles. The van der Waals surface area contributed by atoms with Crippen LogP contribution in [-0.4, -0.2) is 43.9 Å². The largest absolute Gasteiger partial charge is 0.366 e. The van der Waals surface area contributed by atoms with E-state index in [0.717, 1.165) is 0 Å². The third kappa shape index (κ3) is 4.24. The number of thiophene rings is 1. The summed E-state index contributed by atoms with van der Waals surface area (Å²) >= 11 is 2.63. The van der Waals surface area contributed by atoms with Crippen LogP contribution in [0.15, 0.2) is 45.5 Å². The first-order valence-corrected chi connectivity index (χ1v) is 12.2. The van der Waals surface area contributed by atoms with E-state index in [1.54, 1.807) is 29.6 Å². The van der Waals surface area contributed by atoms with Crippen molar-refractivity contribution in [1.29, 1.82) is 0 Å². The lowest BCUT2D eigenvalue weighted by Crippen LogP contribution is -2.41. The van der Waals surface area contributed by atoms with Gasteiger partial charge in [-0.25, -0.2) is 8.42 Å². The molecule has 0 atom stereocenters. The van der Waals surface area contributed by atoms with Gasteiger partial charge in [-0.05, 0) is 42.7 Å². The van der Waals surface area contributed by atoms with E-state index in [-0.39, 0.29) is 30.5 Å². The number of sulfonamides is 1. The van der Waals surface area contributed by atoms with Gasteiger partial charge in [-0.2, -0.15) is 4.31 Å². The fourth-order valence-corrected chi connectivity index (χ4v) is 6.53. The number of nitrogens with one attached hydrogen (secondary N) is 1. The highest BCUT2D eigenvalue weighted by atomic mass is 32.2. The predicted molar refractivity (Wildman–Crippen MR) is 111 cm³/mol.